The third-order valence-electron chi connectivity index (χ3n) is 4.74. The van der Waals surface area contributed by atoms with Gasteiger partial charge in [-0.2, -0.15) is 0 Å². The highest BCUT2D eigenvalue weighted by Crippen LogP contribution is 2.34. The van der Waals surface area contributed by atoms with Gasteiger partial charge in [0.1, 0.15) is 0 Å². The molecule has 0 N–H and O–H groups in total. The zero-order valence-electron chi connectivity index (χ0n) is 16.0. The van der Waals surface area contributed by atoms with Gasteiger partial charge in [0.05, 0.1) is 15.1 Å². The van der Waals surface area contributed by atoms with Gasteiger partial charge < -0.3 is 0 Å². The first-order valence-corrected chi connectivity index (χ1v) is 10.9. The lowest BCUT2D eigenvalue weighted by Gasteiger charge is -2.18. The minimum atomic E-state index is -3.88. The summed E-state index contributed by atoms with van der Waals surface area (Å²) in [6.45, 7) is 1.85. The van der Waals surface area contributed by atoms with E-state index in [1.54, 1.807) is 36.4 Å². The fraction of sp³-hybridized carbons (Fsp3) is 0.136. The third-order valence-corrected chi connectivity index (χ3v) is 7.11. The number of carbonyl (C=O) groups excluding carboxylic acids is 1. The van der Waals surface area contributed by atoms with Gasteiger partial charge in [-0.3, -0.25) is 14.9 Å². The summed E-state index contributed by atoms with van der Waals surface area (Å²) in [7, 11) is -3.88. The summed E-state index contributed by atoms with van der Waals surface area (Å²) >= 11 is 5.94. The van der Waals surface area contributed by atoms with Gasteiger partial charge in [-0.25, -0.2) is 8.42 Å². The van der Waals surface area contributed by atoms with Crippen molar-refractivity contribution < 1.29 is 18.1 Å². The first-order chi connectivity index (χ1) is 14.2. The number of nitro benzene ring substituents is 1. The Hall–Kier alpha value is -3.03. The van der Waals surface area contributed by atoms with Gasteiger partial charge >= 0.3 is 0 Å². The highest BCUT2D eigenvalue weighted by Gasteiger charge is 2.31. The minimum absolute atomic E-state index is 0.115. The van der Waals surface area contributed by atoms with Crippen LogP contribution in [0.15, 0.2) is 77.7 Å². The molecule has 6 nitrogen and oxygen atoms in total. The molecule has 30 heavy (non-hydrogen) atoms. The van der Waals surface area contributed by atoms with Gasteiger partial charge in [-0.15, -0.1) is 0 Å². The molecular weight excluding hydrogens is 426 g/mol. The molecule has 0 unspecified atom stereocenters. The lowest BCUT2D eigenvalue weighted by molar-refractivity contribution is -0.384. The fourth-order valence-corrected chi connectivity index (χ4v) is 4.89. The average molecular weight is 444 g/mol. The minimum Gasteiger partial charge on any atom is -0.294 e. The quantitative estimate of drug-likeness (QED) is 0.279. The van der Waals surface area contributed by atoms with Crippen molar-refractivity contribution in [2.45, 2.75) is 23.5 Å². The van der Waals surface area contributed by atoms with Crippen molar-refractivity contribution in [3.8, 4) is 0 Å². The number of ketones is 1. The van der Waals surface area contributed by atoms with Crippen LogP contribution in [-0.4, -0.2) is 19.1 Å². The van der Waals surface area contributed by atoms with Crippen LogP contribution in [0.1, 0.15) is 33.2 Å². The summed E-state index contributed by atoms with van der Waals surface area (Å²) in [6, 6.07) is 17.9. The van der Waals surface area contributed by atoms with Gasteiger partial charge in [0.15, 0.2) is 15.6 Å². The monoisotopic (exact) mass is 443 g/mol. The second-order valence-corrected chi connectivity index (χ2v) is 9.40. The zero-order chi connectivity index (χ0) is 21.9. The van der Waals surface area contributed by atoms with Gasteiger partial charge in [-0.1, -0.05) is 41.4 Å². The van der Waals surface area contributed by atoms with E-state index in [0.29, 0.717) is 10.6 Å². The molecule has 3 aromatic carbocycles. The first kappa shape index (κ1) is 21.7. The summed E-state index contributed by atoms with van der Waals surface area (Å²) in [6.07, 6.45) is -0.310. The molecule has 0 amide bonds. The predicted molar refractivity (Wildman–Crippen MR) is 115 cm³/mol. The molecule has 0 radical (unpaired) electrons. The number of carbonyl (C=O) groups is 1. The molecule has 0 heterocycles. The lowest BCUT2D eigenvalue weighted by atomic mass is 10.0. The summed E-state index contributed by atoms with van der Waals surface area (Å²) in [5.74, 6) is -0.430. The van der Waals surface area contributed by atoms with Crippen LogP contribution < -0.4 is 0 Å². The van der Waals surface area contributed by atoms with E-state index in [-0.39, 0.29) is 22.6 Å². The first-order valence-electron chi connectivity index (χ1n) is 9.02. The molecule has 1 atom stereocenters. The number of hydrogen-bond acceptors (Lipinski definition) is 5. The van der Waals surface area contributed by atoms with E-state index in [1.165, 1.54) is 36.4 Å². The van der Waals surface area contributed by atoms with Gasteiger partial charge in [0.2, 0.25) is 0 Å². The molecule has 0 aliphatic heterocycles. The Kier molecular flexibility index (Phi) is 6.34. The van der Waals surface area contributed by atoms with Crippen molar-refractivity contribution in [1.82, 2.24) is 0 Å². The molecule has 154 valence electrons. The summed E-state index contributed by atoms with van der Waals surface area (Å²) < 4.78 is 26.7. The van der Waals surface area contributed by atoms with E-state index >= 15 is 0 Å². The summed E-state index contributed by atoms with van der Waals surface area (Å²) in [5, 5.41) is 10.1. The Labute approximate surface area is 179 Å². The van der Waals surface area contributed by atoms with Crippen LogP contribution in [0, 0.1) is 17.0 Å². The molecule has 0 fully saturated rings. The van der Waals surface area contributed by atoms with Crippen molar-refractivity contribution in [2.24, 2.45) is 0 Å². The third kappa shape index (κ3) is 4.75. The number of nitro groups is 1. The number of benzene rings is 3. The Morgan fingerprint density at radius 2 is 1.53 bits per heavy atom. The number of hydrogen-bond donors (Lipinski definition) is 0. The van der Waals surface area contributed by atoms with Crippen LogP contribution in [0.25, 0.3) is 0 Å². The van der Waals surface area contributed by atoms with E-state index in [4.69, 9.17) is 11.6 Å². The van der Waals surface area contributed by atoms with E-state index < -0.39 is 25.8 Å². The number of Topliss-reactive ketones (excluding diaryl/α,β-unsaturated/α-hetero) is 1. The standard InChI is InChI=1S/C22H18ClNO5S/c1-15-2-12-20(13-3-15)30(28,29)22(17-4-8-18(23)9-5-17)14-21(25)16-6-10-19(11-7-16)24(26)27/h2-13,22H,14H2,1H3/t22-/m0/s1. The van der Waals surface area contributed by atoms with Crippen molar-refractivity contribution >= 4 is 32.9 Å². The van der Waals surface area contributed by atoms with Gasteiger partial charge in [0.25, 0.3) is 5.69 Å². The van der Waals surface area contributed by atoms with Crippen molar-refractivity contribution in [3.05, 3.63) is 105 Å². The van der Waals surface area contributed by atoms with E-state index in [0.717, 1.165) is 5.56 Å². The molecule has 0 aromatic heterocycles. The maximum absolute atomic E-state index is 13.4. The smallest absolute Gasteiger partial charge is 0.269 e. The molecule has 0 spiro atoms. The summed E-state index contributed by atoms with van der Waals surface area (Å²) in [5.41, 5.74) is 1.42. The molecule has 0 aliphatic rings. The highest BCUT2D eigenvalue weighted by atomic mass is 35.5. The van der Waals surface area contributed by atoms with E-state index in [9.17, 15) is 23.3 Å². The average Bonchev–Trinajstić information content (AvgIpc) is 2.73. The number of rotatable bonds is 7. The number of halogens is 1. The van der Waals surface area contributed by atoms with Crippen molar-refractivity contribution in [2.75, 3.05) is 0 Å². The topological polar surface area (TPSA) is 94.3 Å². The van der Waals surface area contributed by atoms with E-state index in [2.05, 4.69) is 0 Å². The Bertz CT molecular complexity index is 1170. The molecule has 0 bridgehead atoms. The highest BCUT2D eigenvalue weighted by molar-refractivity contribution is 7.91. The molecule has 0 saturated carbocycles. The summed E-state index contributed by atoms with van der Waals surface area (Å²) in [4.78, 5) is 23.2. The molecule has 3 aromatic rings. The van der Waals surface area contributed by atoms with Crippen molar-refractivity contribution in [3.63, 3.8) is 0 Å². The predicted octanol–water partition coefficient (Wildman–Crippen LogP) is 5.34. The second-order valence-electron chi connectivity index (χ2n) is 6.83. The normalized spacial score (nSPS) is 12.3. The number of non-ortho nitro benzene ring substituents is 1. The fourth-order valence-electron chi connectivity index (χ4n) is 3.03. The molecule has 3 rings (SSSR count). The van der Waals surface area contributed by atoms with Crippen molar-refractivity contribution in [1.29, 1.82) is 0 Å². The molecule has 8 heteroatoms. The maximum atomic E-state index is 13.4. The SMILES string of the molecule is Cc1ccc(S(=O)(=O)[C@@H](CC(=O)c2ccc([N+](=O)[O-])cc2)c2ccc(Cl)cc2)cc1. The van der Waals surface area contributed by atoms with Crippen LogP contribution in [0.3, 0.4) is 0 Å². The van der Waals surface area contributed by atoms with Gasteiger partial charge in [-0.05, 0) is 48.9 Å². The van der Waals surface area contributed by atoms with Crippen LogP contribution in [0.4, 0.5) is 5.69 Å². The lowest BCUT2D eigenvalue weighted by Crippen LogP contribution is -2.18. The zero-order valence-corrected chi connectivity index (χ0v) is 17.6. The largest absolute Gasteiger partial charge is 0.294 e. The van der Waals surface area contributed by atoms with E-state index in [1.807, 2.05) is 6.92 Å². The Morgan fingerprint density at radius 3 is 2.07 bits per heavy atom. The number of nitrogens with zero attached hydrogens (tertiary/aromatic N) is 1. The number of aryl methyl sites for hydroxylation is 1. The van der Waals surface area contributed by atoms with Crippen LogP contribution in [0.5, 0.6) is 0 Å². The second kappa shape index (κ2) is 8.77. The number of sulfone groups is 1. The Morgan fingerprint density at radius 1 is 0.967 bits per heavy atom. The van der Waals surface area contributed by atoms with Crippen LogP contribution in [-0.2, 0) is 9.84 Å². The van der Waals surface area contributed by atoms with Crippen LogP contribution in [0.2, 0.25) is 5.02 Å². The molecular formula is C22H18ClNO5S. The maximum Gasteiger partial charge on any atom is 0.269 e. The molecule has 0 saturated heterocycles. The molecule has 0 aliphatic carbocycles. The Balaban J connectivity index is 1.99. The van der Waals surface area contributed by atoms with Gasteiger partial charge in [0, 0.05) is 29.1 Å². The van der Waals surface area contributed by atoms with Crippen LogP contribution >= 0.6 is 11.6 Å².